The molecule has 0 rings (SSSR count). The molecule has 0 heterocycles. The van der Waals surface area contributed by atoms with Crippen LogP contribution in [0.2, 0.25) is 0 Å². The Hall–Kier alpha value is -1.20. The van der Waals surface area contributed by atoms with Gasteiger partial charge in [-0.25, -0.2) is 9.59 Å². The van der Waals surface area contributed by atoms with E-state index >= 15 is 0 Å². The van der Waals surface area contributed by atoms with Gasteiger partial charge in [-0.15, -0.1) is 8.78 Å². The van der Waals surface area contributed by atoms with Crippen molar-refractivity contribution in [2.45, 2.75) is 14.9 Å². The molecule has 0 aromatic carbocycles. The summed E-state index contributed by atoms with van der Waals surface area (Å²) in [4.78, 5) is 16.7. The molecule has 4 nitrogen and oxygen atoms in total. The highest BCUT2D eigenvalue weighted by Gasteiger charge is 1.74. The number of carbonyl (C=O) groups is 2. The van der Waals surface area contributed by atoms with E-state index in [9.17, 15) is 8.78 Å². The Morgan fingerprint density at radius 2 is 0.900 bits per heavy atom. The molecule has 6 heteroatoms. The van der Waals surface area contributed by atoms with Crippen LogP contribution in [0.25, 0.3) is 0 Å². The molecule has 0 aliphatic rings. The number of hydrogen-bond donors (Lipinski definition) is 2. The minimum Gasteiger partial charge on any atom is -0.456 e. The third kappa shape index (κ3) is 159. The standard InChI is InChI=1S/2CHFO2.2CH4/c2*2-1(3)4;;/h2*(H,3,4);2*1H4. The van der Waals surface area contributed by atoms with Crippen molar-refractivity contribution in [2.24, 2.45) is 0 Å². The van der Waals surface area contributed by atoms with E-state index in [1.165, 1.54) is 0 Å². The van der Waals surface area contributed by atoms with Crippen molar-refractivity contribution in [1.82, 2.24) is 0 Å². The lowest BCUT2D eigenvalue weighted by atomic mass is 11.5. The van der Waals surface area contributed by atoms with Crippen molar-refractivity contribution in [1.29, 1.82) is 0 Å². The van der Waals surface area contributed by atoms with Gasteiger partial charge in [0.25, 0.3) is 0 Å². The fourth-order valence-corrected chi connectivity index (χ4v) is 0. The topological polar surface area (TPSA) is 74.6 Å². The lowest BCUT2D eigenvalue weighted by Crippen LogP contribution is -1.69. The summed E-state index contributed by atoms with van der Waals surface area (Å²) in [7, 11) is 0. The molecular formula is C4H10F2O4. The van der Waals surface area contributed by atoms with Crippen LogP contribution in [0, 0.1) is 0 Å². The summed E-state index contributed by atoms with van der Waals surface area (Å²) in [5.74, 6) is 0. The minimum absolute atomic E-state index is 0. The molecule has 0 amide bonds. The zero-order valence-electron chi connectivity index (χ0n) is 3.47. The van der Waals surface area contributed by atoms with E-state index in [1.807, 2.05) is 0 Å². The van der Waals surface area contributed by atoms with Crippen molar-refractivity contribution >= 4 is 12.4 Å². The largest absolute Gasteiger partial charge is 0.492 e. The smallest absolute Gasteiger partial charge is 0.456 e. The molecule has 0 bridgehead atoms. The number of rotatable bonds is 0. The maximum absolute atomic E-state index is 9.92. The van der Waals surface area contributed by atoms with E-state index in [0.717, 1.165) is 0 Å². The fraction of sp³-hybridized carbons (Fsp3) is 0.500. The van der Waals surface area contributed by atoms with Gasteiger partial charge in [0, 0.05) is 0 Å². The van der Waals surface area contributed by atoms with Gasteiger partial charge in [0.05, 0.1) is 0 Å². The normalized spacial score (nSPS) is 5.00. The Balaban J connectivity index is -0.0000000300. The molecule has 0 unspecified atom stereocenters. The van der Waals surface area contributed by atoms with E-state index in [2.05, 4.69) is 0 Å². The van der Waals surface area contributed by atoms with Crippen LogP contribution >= 0.6 is 0 Å². The molecule has 0 fully saturated rings. The molecule has 0 saturated heterocycles. The van der Waals surface area contributed by atoms with Crippen LogP contribution in [0.4, 0.5) is 18.4 Å². The zero-order chi connectivity index (χ0) is 7.15. The highest BCUT2D eigenvalue weighted by molar-refractivity contribution is 5.54. The molecule has 0 aliphatic carbocycles. The van der Waals surface area contributed by atoms with Gasteiger partial charge in [0.1, 0.15) is 0 Å². The van der Waals surface area contributed by atoms with E-state index in [4.69, 9.17) is 19.8 Å². The van der Waals surface area contributed by atoms with E-state index in [-0.39, 0.29) is 14.9 Å². The van der Waals surface area contributed by atoms with Crippen molar-refractivity contribution in [3.8, 4) is 0 Å². The van der Waals surface area contributed by atoms with Gasteiger partial charge in [-0.1, -0.05) is 14.9 Å². The van der Waals surface area contributed by atoms with Crippen LogP contribution in [-0.2, 0) is 0 Å². The molecule has 2 N–H and O–H groups in total. The highest BCUT2D eigenvalue weighted by atomic mass is 19.1. The Labute approximate surface area is 57.1 Å². The summed E-state index contributed by atoms with van der Waals surface area (Å²) in [6.07, 6.45) is -4.67. The average Bonchev–Trinajstić information content (AvgIpc) is 1.25. The van der Waals surface area contributed by atoms with E-state index < -0.39 is 12.4 Å². The Morgan fingerprint density at radius 3 is 0.900 bits per heavy atom. The van der Waals surface area contributed by atoms with Crippen molar-refractivity contribution in [2.75, 3.05) is 0 Å². The maximum atomic E-state index is 9.92. The molecule has 0 saturated carbocycles. The second-order valence-electron chi connectivity index (χ2n) is 0.506. The predicted octanol–water partition coefficient (Wildman–Crippen LogP) is 2.54. The van der Waals surface area contributed by atoms with Crippen molar-refractivity contribution in [3.05, 3.63) is 0 Å². The quantitative estimate of drug-likeness (QED) is 0.534. The summed E-state index contributed by atoms with van der Waals surface area (Å²) in [5.41, 5.74) is 0. The summed E-state index contributed by atoms with van der Waals surface area (Å²) in [6.45, 7) is 0. The van der Waals surface area contributed by atoms with Crippen molar-refractivity contribution in [3.63, 3.8) is 0 Å². The molecule has 0 radical (unpaired) electrons. The van der Waals surface area contributed by atoms with Gasteiger partial charge >= 0.3 is 12.4 Å². The monoisotopic (exact) mass is 160 g/mol. The van der Waals surface area contributed by atoms with Gasteiger partial charge in [-0.3, -0.25) is 0 Å². The fourth-order valence-electron chi connectivity index (χ4n) is 0. The maximum Gasteiger partial charge on any atom is 0.492 e. The zero-order valence-corrected chi connectivity index (χ0v) is 3.47. The first-order chi connectivity index (χ1) is 3.46. The lowest BCUT2D eigenvalue weighted by molar-refractivity contribution is 0.167. The summed E-state index contributed by atoms with van der Waals surface area (Å²) < 4.78 is 19.8. The summed E-state index contributed by atoms with van der Waals surface area (Å²) in [5, 5.41) is 13.5. The van der Waals surface area contributed by atoms with Gasteiger partial charge in [0.2, 0.25) is 0 Å². The van der Waals surface area contributed by atoms with Crippen LogP contribution in [0.15, 0.2) is 0 Å². The third-order valence-electron chi connectivity index (χ3n) is 0. The van der Waals surface area contributed by atoms with Crippen LogP contribution in [0.5, 0.6) is 0 Å². The van der Waals surface area contributed by atoms with Gasteiger partial charge in [0.15, 0.2) is 0 Å². The van der Waals surface area contributed by atoms with E-state index in [1.54, 1.807) is 0 Å². The van der Waals surface area contributed by atoms with Crippen LogP contribution < -0.4 is 0 Å². The predicted molar refractivity (Wildman–Crippen MR) is 31.7 cm³/mol. The van der Waals surface area contributed by atoms with E-state index in [0.29, 0.717) is 0 Å². The van der Waals surface area contributed by atoms with Crippen molar-refractivity contribution < 1.29 is 28.6 Å². The number of carboxylic acid groups (broad SMARTS) is 2. The Morgan fingerprint density at radius 1 is 0.900 bits per heavy atom. The molecular weight excluding hydrogens is 150 g/mol. The molecule has 0 spiro atoms. The third-order valence-corrected chi connectivity index (χ3v) is 0. The highest BCUT2D eigenvalue weighted by Crippen LogP contribution is 1.58. The lowest BCUT2D eigenvalue weighted by Gasteiger charge is -1.53. The number of halogens is 2. The van der Waals surface area contributed by atoms with Crippen LogP contribution in [-0.4, -0.2) is 22.7 Å². The molecule has 64 valence electrons. The van der Waals surface area contributed by atoms with Gasteiger partial charge < -0.3 is 10.2 Å². The molecule has 10 heavy (non-hydrogen) atoms. The number of hydrogen-bond acceptors (Lipinski definition) is 2. The average molecular weight is 160 g/mol. The first-order valence-corrected chi connectivity index (χ1v) is 1.23. The minimum atomic E-state index is -2.33. The van der Waals surface area contributed by atoms with Gasteiger partial charge in [-0.2, -0.15) is 0 Å². The Kier molecular flexibility index (Phi) is 36.4. The van der Waals surface area contributed by atoms with Crippen LogP contribution in [0.1, 0.15) is 14.9 Å². The Bertz CT molecular complexity index is 73.3. The first-order valence-electron chi connectivity index (χ1n) is 1.23. The SMILES string of the molecule is C.C.O=C(O)F.O=C(O)F. The summed E-state index contributed by atoms with van der Waals surface area (Å²) >= 11 is 0. The second kappa shape index (κ2) is 15.7. The molecule has 0 aliphatic heterocycles. The molecule has 0 aromatic heterocycles. The molecule has 0 aromatic rings. The van der Waals surface area contributed by atoms with Gasteiger partial charge in [-0.05, 0) is 0 Å². The second-order valence-corrected chi connectivity index (χ2v) is 0.506. The molecule has 0 atom stereocenters. The van der Waals surface area contributed by atoms with Crippen LogP contribution in [0.3, 0.4) is 0 Å². The first kappa shape index (κ1) is 23.2. The summed E-state index contributed by atoms with van der Waals surface area (Å²) in [6, 6.07) is 0.